The Morgan fingerprint density at radius 3 is 2.25 bits per heavy atom. The van der Waals surface area contributed by atoms with Crippen LogP contribution in [0.3, 0.4) is 0 Å². The van der Waals surface area contributed by atoms with Crippen LogP contribution in [0.15, 0.2) is 30.3 Å². The molecule has 0 bridgehead atoms. The first-order valence-corrected chi connectivity index (χ1v) is 6.85. The number of carbonyl (C=O) groups is 2. The standard InChI is InChI=1S/C17H20O3/c1-12(13-4-6-14(20-3)7-5-13)10-11-17(2)15(18)8-9-16(17)19/h4-7,10H,8-9,11H2,1-3H3/b12-10+. The molecular formula is C17H20O3. The zero-order valence-electron chi connectivity index (χ0n) is 12.2. The van der Waals surface area contributed by atoms with Crippen molar-refractivity contribution >= 4 is 17.1 Å². The van der Waals surface area contributed by atoms with Gasteiger partial charge in [-0.2, -0.15) is 0 Å². The summed E-state index contributed by atoms with van der Waals surface area (Å²) >= 11 is 0. The molecule has 1 aromatic rings. The van der Waals surface area contributed by atoms with Gasteiger partial charge in [0.15, 0.2) is 0 Å². The van der Waals surface area contributed by atoms with Crippen molar-refractivity contribution in [2.24, 2.45) is 5.41 Å². The van der Waals surface area contributed by atoms with Crippen molar-refractivity contribution in [1.29, 1.82) is 0 Å². The summed E-state index contributed by atoms with van der Waals surface area (Å²) < 4.78 is 5.13. The normalized spacial score (nSPS) is 18.4. The highest BCUT2D eigenvalue weighted by Crippen LogP contribution is 2.35. The molecule has 0 spiro atoms. The molecule has 20 heavy (non-hydrogen) atoms. The third kappa shape index (κ3) is 2.67. The lowest BCUT2D eigenvalue weighted by Crippen LogP contribution is -2.28. The van der Waals surface area contributed by atoms with E-state index in [4.69, 9.17) is 4.74 Å². The lowest BCUT2D eigenvalue weighted by atomic mass is 9.82. The summed E-state index contributed by atoms with van der Waals surface area (Å²) in [6.07, 6.45) is 3.26. The van der Waals surface area contributed by atoms with Gasteiger partial charge in [-0.3, -0.25) is 9.59 Å². The number of ether oxygens (including phenoxy) is 1. The maximum absolute atomic E-state index is 11.9. The van der Waals surface area contributed by atoms with E-state index in [1.165, 1.54) is 0 Å². The van der Waals surface area contributed by atoms with Crippen LogP contribution in [0.4, 0.5) is 0 Å². The molecule has 1 fully saturated rings. The summed E-state index contributed by atoms with van der Waals surface area (Å²) in [7, 11) is 1.63. The maximum atomic E-state index is 11.9. The van der Waals surface area contributed by atoms with Crippen molar-refractivity contribution in [3.63, 3.8) is 0 Å². The zero-order valence-corrected chi connectivity index (χ0v) is 12.2. The van der Waals surface area contributed by atoms with Crippen LogP contribution in [0.2, 0.25) is 0 Å². The Labute approximate surface area is 119 Å². The summed E-state index contributed by atoms with van der Waals surface area (Å²) in [5, 5.41) is 0. The van der Waals surface area contributed by atoms with E-state index in [0.717, 1.165) is 16.9 Å². The Hall–Kier alpha value is -1.90. The molecule has 1 saturated carbocycles. The molecule has 0 aromatic heterocycles. The summed E-state index contributed by atoms with van der Waals surface area (Å²) in [4.78, 5) is 23.7. The molecule has 106 valence electrons. The highest BCUT2D eigenvalue weighted by Gasteiger charge is 2.44. The van der Waals surface area contributed by atoms with Crippen LogP contribution >= 0.6 is 0 Å². The molecule has 0 heterocycles. The predicted octanol–water partition coefficient (Wildman–Crippen LogP) is 3.43. The van der Waals surface area contributed by atoms with E-state index < -0.39 is 5.41 Å². The van der Waals surface area contributed by atoms with Crippen LogP contribution < -0.4 is 4.74 Å². The molecule has 1 aliphatic rings. The Morgan fingerprint density at radius 1 is 1.20 bits per heavy atom. The number of methoxy groups -OCH3 is 1. The third-order valence-electron chi connectivity index (χ3n) is 4.17. The minimum Gasteiger partial charge on any atom is -0.497 e. The number of carbonyl (C=O) groups excluding carboxylic acids is 2. The van der Waals surface area contributed by atoms with Gasteiger partial charge in [0.25, 0.3) is 0 Å². The molecule has 0 amide bonds. The number of benzene rings is 1. The van der Waals surface area contributed by atoms with Crippen LogP contribution in [0.25, 0.3) is 5.57 Å². The second kappa shape index (κ2) is 5.61. The number of rotatable bonds is 4. The zero-order chi connectivity index (χ0) is 14.8. The molecule has 0 atom stereocenters. The molecule has 1 aliphatic carbocycles. The van der Waals surface area contributed by atoms with E-state index >= 15 is 0 Å². The van der Waals surface area contributed by atoms with E-state index in [2.05, 4.69) is 0 Å². The average Bonchev–Trinajstić information content (AvgIpc) is 2.73. The number of hydrogen-bond donors (Lipinski definition) is 0. The van der Waals surface area contributed by atoms with Gasteiger partial charge in [0.2, 0.25) is 0 Å². The van der Waals surface area contributed by atoms with Gasteiger partial charge in [-0.1, -0.05) is 18.2 Å². The fraction of sp³-hybridized carbons (Fsp3) is 0.412. The topological polar surface area (TPSA) is 43.4 Å². The van der Waals surface area contributed by atoms with Crippen molar-refractivity contribution in [3.8, 4) is 5.75 Å². The van der Waals surface area contributed by atoms with Gasteiger partial charge in [-0.15, -0.1) is 0 Å². The van der Waals surface area contributed by atoms with E-state index in [1.807, 2.05) is 37.3 Å². The first-order chi connectivity index (χ1) is 9.47. The van der Waals surface area contributed by atoms with Crippen molar-refractivity contribution in [3.05, 3.63) is 35.9 Å². The van der Waals surface area contributed by atoms with Gasteiger partial charge in [0.05, 0.1) is 12.5 Å². The Morgan fingerprint density at radius 2 is 1.75 bits per heavy atom. The lowest BCUT2D eigenvalue weighted by Gasteiger charge is -2.18. The molecule has 1 aromatic carbocycles. The molecular weight excluding hydrogens is 252 g/mol. The minimum absolute atomic E-state index is 0.0706. The van der Waals surface area contributed by atoms with Crippen LogP contribution in [-0.2, 0) is 9.59 Å². The van der Waals surface area contributed by atoms with Gasteiger partial charge in [-0.05, 0) is 43.5 Å². The molecule has 0 N–H and O–H groups in total. The lowest BCUT2D eigenvalue weighted by molar-refractivity contribution is -0.133. The first kappa shape index (κ1) is 14.5. The average molecular weight is 272 g/mol. The monoisotopic (exact) mass is 272 g/mol. The molecule has 0 aliphatic heterocycles. The van der Waals surface area contributed by atoms with Gasteiger partial charge in [0, 0.05) is 12.8 Å². The largest absolute Gasteiger partial charge is 0.497 e. The van der Waals surface area contributed by atoms with Crippen LogP contribution in [0.1, 0.15) is 38.7 Å². The fourth-order valence-corrected chi connectivity index (χ4v) is 2.49. The van der Waals surface area contributed by atoms with Crippen LogP contribution in [0.5, 0.6) is 5.75 Å². The smallest absolute Gasteiger partial charge is 0.146 e. The van der Waals surface area contributed by atoms with Gasteiger partial charge < -0.3 is 4.74 Å². The van der Waals surface area contributed by atoms with E-state index in [1.54, 1.807) is 14.0 Å². The number of ketones is 2. The molecule has 2 rings (SSSR count). The maximum Gasteiger partial charge on any atom is 0.146 e. The SMILES string of the molecule is COc1ccc(/C(C)=C/CC2(C)C(=O)CCC2=O)cc1. The molecule has 0 unspecified atom stereocenters. The number of Topliss-reactive ketones (excluding diaryl/α,β-unsaturated/α-hetero) is 2. The van der Waals surface area contributed by atoms with Gasteiger partial charge >= 0.3 is 0 Å². The molecule has 0 saturated heterocycles. The Bertz CT molecular complexity index is 536. The van der Waals surface area contributed by atoms with Crippen molar-refractivity contribution < 1.29 is 14.3 Å². The Balaban J connectivity index is 2.14. The fourth-order valence-electron chi connectivity index (χ4n) is 2.49. The third-order valence-corrected chi connectivity index (χ3v) is 4.17. The van der Waals surface area contributed by atoms with E-state index in [0.29, 0.717) is 19.3 Å². The highest BCUT2D eigenvalue weighted by molar-refractivity contribution is 6.12. The van der Waals surface area contributed by atoms with Crippen molar-refractivity contribution in [1.82, 2.24) is 0 Å². The predicted molar refractivity (Wildman–Crippen MR) is 78.6 cm³/mol. The quantitative estimate of drug-likeness (QED) is 0.789. The van der Waals surface area contributed by atoms with Gasteiger partial charge in [0.1, 0.15) is 17.3 Å². The minimum atomic E-state index is -0.812. The van der Waals surface area contributed by atoms with Crippen LogP contribution in [0, 0.1) is 5.41 Å². The summed E-state index contributed by atoms with van der Waals surface area (Å²) in [5.74, 6) is 0.956. The Kier molecular flexibility index (Phi) is 4.07. The van der Waals surface area contributed by atoms with E-state index in [-0.39, 0.29) is 11.6 Å². The van der Waals surface area contributed by atoms with Crippen LogP contribution in [-0.4, -0.2) is 18.7 Å². The number of allylic oxidation sites excluding steroid dienone is 2. The number of hydrogen-bond acceptors (Lipinski definition) is 3. The second-order valence-electron chi connectivity index (χ2n) is 5.50. The molecule has 0 radical (unpaired) electrons. The highest BCUT2D eigenvalue weighted by atomic mass is 16.5. The second-order valence-corrected chi connectivity index (χ2v) is 5.50. The van der Waals surface area contributed by atoms with E-state index in [9.17, 15) is 9.59 Å². The molecule has 3 heteroatoms. The summed E-state index contributed by atoms with van der Waals surface area (Å²) in [5.41, 5.74) is 1.34. The molecule has 3 nitrogen and oxygen atoms in total. The summed E-state index contributed by atoms with van der Waals surface area (Å²) in [6.45, 7) is 3.76. The first-order valence-electron chi connectivity index (χ1n) is 6.85. The van der Waals surface area contributed by atoms with Crippen molar-refractivity contribution in [2.75, 3.05) is 7.11 Å². The summed E-state index contributed by atoms with van der Waals surface area (Å²) in [6, 6.07) is 7.76. The van der Waals surface area contributed by atoms with Crippen molar-refractivity contribution in [2.45, 2.75) is 33.1 Å². The van der Waals surface area contributed by atoms with Gasteiger partial charge in [-0.25, -0.2) is 0 Å².